The molecule has 0 atom stereocenters. The van der Waals surface area contributed by atoms with Gasteiger partial charge in [0.2, 0.25) is 0 Å². The van der Waals surface area contributed by atoms with Crippen molar-refractivity contribution in [2.45, 2.75) is 89.9 Å². The van der Waals surface area contributed by atoms with E-state index in [9.17, 15) is 4.79 Å². The summed E-state index contributed by atoms with van der Waals surface area (Å²) in [6.45, 7) is 3.14. The number of aliphatic carboxylic acids is 1. The fraction of sp³-hybridized carbons (Fsp3) is 0.944. The van der Waals surface area contributed by atoms with Gasteiger partial charge in [0.25, 0.3) is 0 Å². The normalized spacial score (nSPS) is 11.0. The lowest BCUT2D eigenvalue weighted by molar-refractivity contribution is -0.137. The molecule has 0 radical (unpaired) electrons. The van der Waals surface area contributed by atoms with Crippen molar-refractivity contribution in [1.29, 1.82) is 0 Å². The molecule has 132 valence electrons. The fourth-order valence-electron chi connectivity index (χ4n) is 2.64. The molecular formula is C18H38N2O2. The van der Waals surface area contributed by atoms with E-state index in [2.05, 4.69) is 5.32 Å². The summed E-state index contributed by atoms with van der Waals surface area (Å²) in [6.07, 6.45) is 16.3. The zero-order valence-electron chi connectivity index (χ0n) is 14.5. The van der Waals surface area contributed by atoms with Crippen molar-refractivity contribution in [3.63, 3.8) is 0 Å². The molecule has 4 heteroatoms. The second-order valence-corrected chi connectivity index (χ2v) is 6.28. The Hall–Kier alpha value is -0.610. The van der Waals surface area contributed by atoms with Crippen LogP contribution in [0.25, 0.3) is 0 Å². The number of unbranched alkanes of at least 4 members (excludes halogenated alkanes) is 11. The van der Waals surface area contributed by atoms with Crippen LogP contribution in [0.15, 0.2) is 0 Å². The molecule has 0 aliphatic heterocycles. The lowest BCUT2D eigenvalue weighted by Gasteiger charge is -2.05. The summed E-state index contributed by atoms with van der Waals surface area (Å²) in [6, 6.07) is 0. The quantitative estimate of drug-likeness (QED) is 0.333. The average molecular weight is 315 g/mol. The second kappa shape index (κ2) is 18.4. The second-order valence-electron chi connectivity index (χ2n) is 6.28. The Labute approximate surface area is 137 Å². The van der Waals surface area contributed by atoms with Crippen LogP contribution in [0.3, 0.4) is 0 Å². The highest BCUT2D eigenvalue weighted by molar-refractivity contribution is 5.66. The van der Waals surface area contributed by atoms with Crippen LogP contribution in [0, 0.1) is 0 Å². The van der Waals surface area contributed by atoms with Crippen molar-refractivity contribution < 1.29 is 9.90 Å². The van der Waals surface area contributed by atoms with E-state index in [0.29, 0.717) is 6.42 Å². The molecule has 0 rings (SSSR count). The van der Waals surface area contributed by atoms with Gasteiger partial charge in [0, 0.05) is 6.42 Å². The van der Waals surface area contributed by atoms with Crippen LogP contribution in [-0.4, -0.2) is 30.7 Å². The SMILES string of the molecule is NCCCCCCNCCCCCCCCCCCC(=O)O. The predicted molar refractivity (Wildman–Crippen MR) is 94.2 cm³/mol. The minimum absolute atomic E-state index is 0.333. The Kier molecular flexibility index (Phi) is 17.9. The molecule has 0 unspecified atom stereocenters. The van der Waals surface area contributed by atoms with Gasteiger partial charge in [-0.05, 0) is 45.3 Å². The van der Waals surface area contributed by atoms with Gasteiger partial charge in [0.15, 0.2) is 0 Å². The Balaban J connectivity index is 2.95. The molecule has 0 aromatic heterocycles. The van der Waals surface area contributed by atoms with Gasteiger partial charge in [0.1, 0.15) is 0 Å². The van der Waals surface area contributed by atoms with Crippen LogP contribution in [0.4, 0.5) is 0 Å². The number of carbonyl (C=O) groups is 1. The monoisotopic (exact) mass is 314 g/mol. The summed E-state index contributed by atoms with van der Waals surface area (Å²) >= 11 is 0. The maximum atomic E-state index is 10.4. The van der Waals surface area contributed by atoms with Gasteiger partial charge >= 0.3 is 5.97 Å². The molecule has 0 fully saturated rings. The summed E-state index contributed by atoms with van der Waals surface area (Å²) in [7, 11) is 0. The molecule has 0 aliphatic rings. The largest absolute Gasteiger partial charge is 0.481 e. The molecule has 4 nitrogen and oxygen atoms in total. The highest BCUT2D eigenvalue weighted by Crippen LogP contribution is 2.10. The van der Waals surface area contributed by atoms with E-state index in [1.807, 2.05) is 0 Å². The van der Waals surface area contributed by atoms with Crippen molar-refractivity contribution in [3.05, 3.63) is 0 Å². The first-order valence-electron chi connectivity index (χ1n) is 9.40. The zero-order chi connectivity index (χ0) is 16.3. The van der Waals surface area contributed by atoms with Crippen molar-refractivity contribution >= 4 is 5.97 Å². The molecular weight excluding hydrogens is 276 g/mol. The first kappa shape index (κ1) is 21.4. The first-order valence-corrected chi connectivity index (χ1v) is 9.40. The van der Waals surface area contributed by atoms with Gasteiger partial charge < -0.3 is 16.2 Å². The van der Waals surface area contributed by atoms with Gasteiger partial charge in [0.05, 0.1) is 0 Å². The summed E-state index contributed by atoms with van der Waals surface area (Å²) in [4.78, 5) is 10.4. The van der Waals surface area contributed by atoms with Gasteiger partial charge in [-0.15, -0.1) is 0 Å². The van der Waals surface area contributed by atoms with Crippen LogP contribution in [0.5, 0.6) is 0 Å². The molecule has 0 heterocycles. The summed E-state index contributed by atoms with van der Waals surface area (Å²) < 4.78 is 0. The number of hydrogen-bond acceptors (Lipinski definition) is 3. The van der Waals surface area contributed by atoms with E-state index < -0.39 is 5.97 Å². The third-order valence-corrected chi connectivity index (χ3v) is 4.05. The van der Waals surface area contributed by atoms with E-state index in [0.717, 1.165) is 32.5 Å². The van der Waals surface area contributed by atoms with Crippen LogP contribution in [0.2, 0.25) is 0 Å². The molecule has 0 saturated heterocycles. The Bertz CT molecular complexity index is 235. The standard InChI is InChI=1S/C18H38N2O2/c19-15-11-7-9-13-17-20-16-12-8-5-3-1-2-4-6-10-14-18(21)22/h20H,1-17,19H2,(H,21,22). The van der Waals surface area contributed by atoms with Crippen LogP contribution < -0.4 is 11.1 Å². The molecule has 4 N–H and O–H groups in total. The Morgan fingerprint density at radius 2 is 1.09 bits per heavy atom. The molecule has 0 bridgehead atoms. The van der Waals surface area contributed by atoms with E-state index >= 15 is 0 Å². The smallest absolute Gasteiger partial charge is 0.303 e. The lowest BCUT2D eigenvalue weighted by atomic mass is 10.1. The lowest BCUT2D eigenvalue weighted by Crippen LogP contribution is -2.16. The van der Waals surface area contributed by atoms with Crippen LogP contribution in [-0.2, 0) is 4.79 Å². The van der Waals surface area contributed by atoms with Crippen molar-refractivity contribution in [2.24, 2.45) is 5.73 Å². The minimum atomic E-state index is -0.663. The number of carboxylic acids is 1. The van der Waals surface area contributed by atoms with Gasteiger partial charge in [-0.25, -0.2) is 0 Å². The molecule has 0 aromatic rings. The van der Waals surface area contributed by atoms with Gasteiger partial charge in [-0.3, -0.25) is 4.79 Å². The highest BCUT2D eigenvalue weighted by atomic mass is 16.4. The van der Waals surface area contributed by atoms with Crippen molar-refractivity contribution in [3.8, 4) is 0 Å². The Morgan fingerprint density at radius 3 is 1.55 bits per heavy atom. The zero-order valence-corrected chi connectivity index (χ0v) is 14.5. The molecule has 0 aliphatic carbocycles. The summed E-state index contributed by atoms with van der Waals surface area (Å²) in [5.41, 5.74) is 5.46. The minimum Gasteiger partial charge on any atom is -0.481 e. The number of rotatable bonds is 18. The number of carboxylic acid groups (broad SMARTS) is 1. The van der Waals surface area contributed by atoms with Crippen molar-refractivity contribution in [1.82, 2.24) is 5.32 Å². The third kappa shape index (κ3) is 19.4. The molecule has 22 heavy (non-hydrogen) atoms. The molecule has 0 amide bonds. The van der Waals surface area contributed by atoms with E-state index in [4.69, 9.17) is 10.8 Å². The molecule has 0 aromatic carbocycles. The number of hydrogen-bond donors (Lipinski definition) is 3. The summed E-state index contributed by atoms with van der Waals surface area (Å²) in [5.74, 6) is -0.663. The van der Waals surface area contributed by atoms with Crippen molar-refractivity contribution in [2.75, 3.05) is 19.6 Å². The molecule has 0 saturated carbocycles. The Morgan fingerprint density at radius 1 is 0.682 bits per heavy atom. The first-order chi connectivity index (χ1) is 10.8. The average Bonchev–Trinajstić information content (AvgIpc) is 2.50. The highest BCUT2D eigenvalue weighted by Gasteiger charge is 1.97. The van der Waals surface area contributed by atoms with Crippen LogP contribution >= 0.6 is 0 Å². The van der Waals surface area contributed by atoms with E-state index in [1.54, 1.807) is 0 Å². The van der Waals surface area contributed by atoms with Gasteiger partial charge in [-0.2, -0.15) is 0 Å². The maximum Gasteiger partial charge on any atom is 0.303 e. The predicted octanol–water partition coefficient (Wildman–Crippen LogP) is 4.08. The topological polar surface area (TPSA) is 75.3 Å². The fourth-order valence-corrected chi connectivity index (χ4v) is 2.64. The van der Waals surface area contributed by atoms with E-state index in [-0.39, 0.29) is 0 Å². The third-order valence-electron chi connectivity index (χ3n) is 4.05. The number of nitrogens with one attached hydrogen (secondary N) is 1. The van der Waals surface area contributed by atoms with Gasteiger partial charge in [-0.1, -0.05) is 57.8 Å². The number of nitrogens with two attached hydrogens (primary N) is 1. The molecule has 0 spiro atoms. The van der Waals surface area contributed by atoms with Crippen LogP contribution in [0.1, 0.15) is 89.9 Å². The maximum absolute atomic E-state index is 10.4. The van der Waals surface area contributed by atoms with E-state index in [1.165, 1.54) is 70.6 Å². The summed E-state index contributed by atoms with van der Waals surface area (Å²) in [5, 5.41) is 12.0.